The summed E-state index contributed by atoms with van der Waals surface area (Å²) in [5.74, 6) is 3.21. The zero-order valence-corrected chi connectivity index (χ0v) is 44.5. The van der Waals surface area contributed by atoms with Crippen LogP contribution in [0.15, 0.2) is 0 Å². The minimum atomic E-state index is -4.70. The van der Waals surface area contributed by atoms with Crippen molar-refractivity contribution in [1.29, 1.82) is 0 Å². The van der Waals surface area contributed by atoms with Gasteiger partial charge in [-0.1, -0.05) is 55.7 Å². The number of hydrogen-bond donors (Lipinski definition) is 0. The topological polar surface area (TPSA) is 241 Å². The van der Waals surface area contributed by atoms with E-state index in [0.29, 0.717) is 70.7 Å². The second kappa shape index (κ2) is 23.7. The monoisotopic (exact) mass is 1010 g/mol. The quantitative estimate of drug-likeness (QED) is 0.0625. The fourth-order valence-corrected chi connectivity index (χ4v) is 17.1. The molecule has 0 amide bonds. The van der Waals surface area contributed by atoms with Crippen LogP contribution in [0, 0.1) is 47.3 Å². The number of rotatable bonds is 28. The Hall–Kier alpha value is -0.0400. The van der Waals surface area contributed by atoms with E-state index in [1.807, 2.05) is 0 Å². The summed E-state index contributed by atoms with van der Waals surface area (Å²) in [6.07, 6.45) is 10.7. The molecule has 0 aromatic carbocycles. The number of nitrogens with zero attached hydrogens (tertiary/aromatic N) is 4. The second-order valence-electron chi connectivity index (χ2n) is 22.9. The molecule has 10 atom stereocenters. The molecule has 5 aliphatic heterocycles. The summed E-state index contributed by atoms with van der Waals surface area (Å²) in [7, 11) is -18.2. The van der Waals surface area contributed by atoms with Gasteiger partial charge >= 0.3 is 0 Å². The highest BCUT2D eigenvalue weighted by atomic mass is 32.2. The number of piperazine rings is 1. The lowest BCUT2D eigenvalue weighted by molar-refractivity contribution is -1.02. The number of quaternary nitrogens is 4. The van der Waals surface area contributed by atoms with Crippen LogP contribution in [0.2, 0.25) is 0 Å². The van der Waals surface area contributed by atoms with Crippen molar-refractivity contribution in [3.63, 3.8) is 0 Å². The molecule has 20 heteroatoms. The van der Waals surface area contributed by atoms with E-state index in [2.05, 4.69) is 27.7 Å². The maximum absolute atomic E-state index is 11.7. The van der Waals surface area contributed by atoms with Gasteiger partial charge in [-0.25, -0.2) is 16.8 Å². The summed E-state index contributed by atoms with van der Waals surface area (Å²) in [5, 5.41) is 0. The van der Waals surface area contributed by atoms with E-state index in [0.717, 1.165) is 107 Å². The standard InChI is InChI=1S/C46H90N4O12P2S2/c1-5-13-41-33-47(19-9-27-63(51,52)53,21-11-29-65(57,58)59)35-43(41)15-17-45-37-50(25-23-49(24-26-50)31-39(7-3)40(8-4)32-49)38-46(45)18-16-44-36-48(34-42(44)14-6-2,20-10-28-64(54,55)56)22-12-30-66(60,61)62/h39-46H,5-38H2,1-4H3,(H2-4,51,52,53,54,55,56,57,58,59,60,61,62)/p-2. The molecule has 5 rings (SSSR count). The van der Waals surface area contributed by atoms with Gasteiger partial charge in [0.1, 0.15) is 26.2 Å². The van der Waals surface area contributed by atoms with Crippen LogP contribution in [-0.4, -0.2) is 172 Å². The Morgan fingerprint density at radius 3 is 0.970 bits per heavy atom. The fraction of sp³-hybridized carbons (Fsp3) is 1.00. The van der Waals surface area contributed by atoms with E-state index < -0.39 is 59.3 Å². The SMILES string of the molecule is CCCC1C[N+](CCCP(=O)([O-])[O-])(CCCS(=O)(=O)[O-])CC1CCC1C[N+]2(CC[N+]3(CC2)CC(CC)C(CC)C3)CC1CCC1C[N+](CCCP(=O)([O-])[O-])(CCCS(=O)(=O)[O-])CC1CCC. The van der Waals surface area contributed by atoms with Crippen molar-refractivity contribution in [1.82, 2.24) is 0 Å². The van der Waals surface area contributed by atoms with Crippen molar-refractivity contribution < 1.29 is 72.6 Å². The number of likely N-dealkylation sites (tertiary alicyclic amines) is 2. The molecule has 16 nitrogen and oxygen atoms in total. The Morgan fingerprint density at radius 1 is 0.424 bits per heavy atom. The van der Waals surface area contributed by atoms with E-state index >= 15 is 0 Å². The summed E-state index contributed by atoms with van der Waals surface area (Å²) < 4.78 is 96.8. The van der Waals surface area contributed by atoms with Crippen LogP contribution in [0.5, 0.6) is 0 Å². The zero-order valence-electron chi connectivity index (χ0n) is 41.1. The largest absolute Gasteiger partial charge is 0.811 e. The molecule has 0 N–H and O–H groups in total. The van der Waals surface area contributed by atoms with Gasteiger partial charge in [0.2, 0.25) is 0 Å². The van der Waals surface area contributed by atoms with Gasteiger partial charge in [-0.3, -0.25) is 0 Å². The molecule has 66 heavy (non-hydrogen) atoms. The minimum absolute atomic E-state index is 0.211. The van der Waals surface area contributed by atoms with Crippen molar-refractivity contribution in [2.45, 2.75) is 118 Å². The van der Waals surface area contributed by atoms with E-state index in [4.69, 9.17) is 0 Å². The van der Waals surface area contributed by atoms with Crippen LogP contribution in [0.4, 0.5) is 0 Å². The van der Waals surface area contributed by atoms with Crippen LogP contribution in [-0.2, 0) is 29.4 Å². The van der Waals surface area contributed by atoms with Crippen LogP contribution >= 0.6 is 15.2 Å². The molecule has 5 heterocycles. The summed E-state index contributed by atoms with van der Waals surface area (Å²) in [6, 6.07) is 0. The lowest BCUT2D eigenvalue weighted by Crippen LogP contribution is -2.65. The van der Waals surface area contributed by atoms with Crippen LogP contribution in [0.25, 0.3) is 0 Å². The maximum atomic E-state index is 11.7. The summed E-state index contributed by atoms with van der Waals surface area (Å²) in [6.45, 7) is 23.9. The van der Waals surface area contributed by atoms with E-state index in [-0.39, 0.29) is 25.7 Å². The Labute approximate surface area is 399 Å². The predicted octanol–water partition coefficient (Wildman–Crippen LogP) is 2.71. The van der Waals surface area contributed by atoms with Gasteiger partial charge in [0.15, 0.2) is 0 Å². The molecule has 0 aliphatic carbocycles. The maximum Gasteiger partial charge on any atom is 0.129 e. The molecule has 5 saturated heterocycles. The first-order chi connectivity index (χ1) is 30.8. The van der Waals surface area contributed by atoms with E-state index in [1.54, 1.807) is 0 Å². The molecule has 5 aliphatic rings. The highest BCUT2D eigenvalue weighted by Gasteiger charge is 2.54. The number of hydrogen-bond acceptors (Lipinski definition) is 12. The van der Waals surface area contributed by atoms with Crippen molar-refractivity contribution in [2.24, 2.45) is 47.3 Å². The fourth-order valence-electron chi connectivity index (χ4n) is 15.1. The van der Waals surface area contributed by atoms with Gasteiger partial charge in [0.25, 0.3) is 0 Å². The molecule has 0 bridgehead atoms. The normalized spacial score (nSPS) is 36.6. The third kappa shape index (κ3) is 17.0. The Morgan fingerprint density at radius 2 is 0.697 bits per heavy atom. The van der Waals surface area contributed by atoms with Gasteiger partial charge in [-0.2, -0.15) is 0 Å². The van der Waals surface area contributed by atoms with Crippen molar-refractivity contribution in [3.8, 4) is 0 Å². The summed E-state index contributed by atoms with van der Waals surface area (Å²) in [5.41, 5.74) is 0. The Balaban J connectivity index is 1.35. The van der Waals surface area contributed by atoms with E-state index in [1.165, 1.54) is 56.6 Å². The van der Waals surface area contributed by atoms with Gasteiger partial charge in [-0.15, -0.1) is 0 Å². The third-order valence-electron chi connectivity index (χ3n) is 18.1. The van der Waals surface area contributed by atoms with Gasteiger partial charge in [-0.05, 0) is 63.7 Å². The van der Waals surface area contributed by atoms with Crippen LogP contribution in [0.3, 0.4) is 0 Å². The Bertz CT molecular complexity index is 1740. The van der Waals surface area contributed by atoms with E-state index in [9.17, 15) is 54.6 Å². The lowest BCUT2D eigenvalue weighted by atomic mass is 9.80. The molecule has 5 fully saturated rings. The van der Waals surface area contributed by atoms with Crippen LogP contribution < -0.4 is 19.6 Å². The molecule has 0 radical (unpaired) electrons. The molecule has 10 unspecified atom stereocenters. The summed E-state index contributed by atoms with van der Waals surface area (Å²) in [4.78, 5) is 46.7. The summed E-state index contributed by atoms with van der Waals surface area (Å²) >= 11 is 0. The van der Waals surface area contributed by atoms with Crippen molar-refractivity contribution in [3.05, 3.63) is 0 Å². The molecule has 0 saturated carbocycles. The average Bonchev–Trinajstić information content (AvgIpc) is 3.94. The predicted molar refractivity (Wildman–Crippen MR) is 248 cm³/mol. The highest BCUT2D eigenvalue weighted by Crippen LogP contribution is 2.46. The van der Waals surface area contributed by atoms with Crippen molar-refractivity contribution >= 4 is 35.4 Å². The molecule has 0 aromatic rings. The highest BCUT2D eigenvalue weighted by molar-refractivity contribution is 7.85. The first kappa shape index (κ1) is 56.9. The first-order valence-corrected chi connectivity index (χ1v) is 32.7. The average molecular weight is 1020 g/mol. The molecule has 0 aromatic heterocycles. The molecular formula is C46H88N4O12P2S2-2. The smallest absolute Gasteiger partial charge is 0.129 e. The molecule has 2 spiro atoms. The molecule has 388 valence electrons. The lowest BCUT2D eigenvalue weighted by Gasteiger charge is -2.47. The Kier molecular flexibility index (Phi) is 20.4. The van der Waals surface area contributed by atoms with Gasteiger partial charge in [0.05, 0.1) is 98.8 Å². The molecular weight excluding hydrogens is 927 g/mol. The van der Waals surface area contributed by atoms with Crippen LogP contribution in [0.1, 0.15) is 118 Å². The third-order valence-corrected chi connectivity index (χ3v) is 21.4. The van der Waals surface area contributed by atoms with Gasteiger partial charge in [0, 0.05) is 84.5 Å². The first-order valence-electron chi connectivity index (χ1n) is 26.1. The second-order valence-corrected chi connectivity index (χ2v) is 29.2. The van der Waals surface area contributed by atoms with Crippen molar-refractivity contribution in [2.75, 3.05) is 129 Å². The van der Waals surface area contributed by atoms with Gasteiger partial charge < -0.3 is 55.7 Å². The zero-order chi connectivity index (χ0) is 48.7. The minimum Gasteiger partial charge on any atom is -0.811 e.